The fourth-order valence-corrected chi connectivity index (χ4v) is 5.58. The maximum Gasteiger partial charge on any atom is 0.281 e. The molecule has 0 bridgehead atoms. The van der Waals surface area contributed by atoms with E-state index in [0.29, 0.717) is 19.6 Å². The van der Waals surface area contributed by atoms with Crippen molar-refractivity contribution in [1.29, 1.82) is 0 Å². The molecule has 4 rings (SSSR count). The molecular formula is C27H35N5O5S. The SMILES string of the molecule is C[C@@H]1CN([C@@H](C)CO)C(=O)c2cccc(NS(=O)(=O)c3cn(C)cn3)c2O[C@@H]1CN(C)Cc1ccccc1. The summed E-state index contributed by atoms with van der Waals surface area (Å²) in [4.78, 5) is 21.4. The molecule has 0 radical (unpaired) electrons. The number of ether oxygens (including phenoxy) is 1. The van der Waals surface area contributed by atoms with E-state index in [0.717, 1.165) is 5.56 Å². The summed E-state index contributed by atoms with van der Waals surface area (Å²) in [5, 5.41) is 9.74. The molecule has 1 aromatic heterocycles. The highest BCUT2D eigenvalue weighted by Gasteiger charge is 2.35. The second kappa shape index (κ2) is 11.5. The molecule has 0 aliphatic carbocycles. The van der Waals surface area contributed by atoms with Crippen LogP contribution in [0.25, 0.3) is 0 Å². The van der Waals surface area contributed by atoms with Crippen molar-refractivity contribution in [2.45, 2.75) is 37.6 Å². The number of carbonyl (C=O) groups is 1. The summed E-state index contributed by atoms with van der Waals surface area (Å²) in [5.41, 5.74) is 1.54. The molecule has 204 valence electrons. The Morgan fingerprint density at radius 2 is 1.95 bits per heavy atom. The van der Waals surface area contributed by atoms with Gasteiger partial charge in [-0.2, -0.15) is 8.42 Å². The highest BCUT2D eigenvalue weighted by Crippen LogP contribution is 2.36. The Labute approximate surface area is 223 Å². The molecule has 11 heteroatoms. The van der Waals surface area contributed by atoms with E-state index >= 15 is 0 Å². The van der Waals surface area contributed by atoms with Crippen LogP contribution in [0.5, 0.6) is 5.75 Å². The van der Waals surface area contributed by atoms with E-state index < -0.39 is 16.1 Å². The Kier molecular flexibility index (Phi) is 8.39. The van der Waals surface area contributed by atoms with Gasteiger partial charge in [-0.15, -0.1) is 0 Å². The van der Waals surface area contributed by atoms with Crippen LogP contribution in [0.1, 0.15) is 29.8 Å². The smallest absolute Gasteiger partial charge is 0.281 e. The van der Waals surface area contributed by atoms with Crippen molar-refractivity contribution < 1.29 is 23.1 Å². The molecule has 0 unspecified atom stereocenters. The van der Waals surface area contributed by atoms with Crippen LogP contribution >= 0.6 is 0 Å². The lowest BCUT2D eigenvalue weighted by molar-refractivity contribution is 0.0344. The molecule has 2 aromatic carbocycles. The number of benzene rings is 2. The molecule has 0 spiro atoms. The number of hydrogen-bond donors (Lipinski definition) is 2. The van der Waals surface area contributed by atoms with E-state index in [4.69, 9.17) is 4.74 Å². The zero-order valence-corrected chi connectivity index (χ0v) is 22.9. The number of aryl methyl sites for hydroxylation is 1. The number of aromatic nitrogens is 2. The predicted molar refractivity (Wildman–Crippen MR) is 144 cm³/mol. The number of carbonyl (C=O) groups excluding carboxylic acids is 1. The lowest BCUT2D eigenvalue weighted by Gasteiger charge is -2.38. The van der Waals surface area contributed by atoms with Crippen molar-refractivity contribution >= 4 is 21.6 Å². The largest absolute Gasteiger partial charge is 0.486 e. The number of sulfonamides is 1. The topological polar surface area (TPSA) is 117 Å². The predicted octanol–water partition coefficient (Wildman–Crippen LogP) is 2.57. The summed E-state index contributed by atoms with van der Waals surface area (Å²) in [5.74, 6) is -0.278. The minimum Gasteiger partial charge on any atom is -0.486 e. The van der Waals surface area contributed by atoms with E-state index in [-0.39, 0.29) is 46.6 Å². The number of nitrogens with one attached hydrogen (secondary N) is 1. The third kappa shape index (κ3) is 6.17. The number of imidazole rings is 1. The Morgan fingerprint density at radius 1 is 1.21 bits per heavy atom. The average molecular weight is 542 g/mol. The first-order valence-electron chi connectivity index (χ1n) is 12.5. The summed E-state index contributed by atoms with van der Waals surface area (Å²) in [6.07, 6.45) is 2.43. The Hall–Kier alpha value is -3.41. The highest BCUT2D eigenvalue weighted by molar-refractivity contribution is 7.92. The number of rotatable bonds is 9. The monoisotopic (exact) mass is 541 g/mol. The van der Waals surface area contributed by atoms with Crippen LogP contribution in [-0.4, -0.2) is 77.7 Å². The summed E-state index contributed by atoms with van der Waals surface area (Å²) in [6, 6.07) is 14.5. The van der Waals surface area contributed by atoms with Crippen LogP contribution < -0.4 is 9.46 Å². The van der Waals surface area contributed by atoms with Gasteiger partial charge in [-0.3, -0.25) is 14.4 Å². The molecule has 1 aliphatic rings. The molecule has 1 aliphatic heterocycles. The van der Waals surface area contributed by atoms with Gasteiger partial charge in [0, 0.05) is 38.8 Å². The van der Waals surface area contributed by atoms with Crippen molar-refractivity contribution in [1.82, 2.24) is 19.4 Å². The molecule has 2 N–H and O–H groups in total. The van der Waals surface area contributed by atoms with E-state index in [1.165, 1.54) is 12.5 Å². The maximum absolute atomic E-state index is 13.6. The summed E-state index contributed by atoms with van der Waals surface area (Å²) >= 11 is 0. The number of hydrogen-bond acceptors (Lipinski definition) is 7. The van der Waals surface area contributed by atoms with Gasteiger partial charge in [-0.05, 0) is 31.7 Å². The number of aliphatic hydroxyl groups is 1. The fourth-order valence-electron chi connectivity index (χ4n) is 4.53. The third-order valence-corrected chi connectivity index (χ3v) is 7.93. The van der Waals surface area contributed by atoms with E-state index in [9.17, 15) is 18.3 Å². The molecule has 38 heavy (non-hydrogen) atoms. The number of amides is 1. The van der Waals surface area contributed by atoms with E-state index in [1.54, 1.807) is 41.6 Å². The molecule has 0 saturated heterocycles. The quantitative estimate of drug-likeness (QED) is 0.428. The van der Waals surface area contributed by atoms with E-state index in [2.05, 4.69) is 26.7 Å². The zero-order chi connectivity index (χ0) is 27.4. The van der Waals surface area contributed by atoms with Gasteiger partial charge in [0.05, 0.1) is 30.2 Å². The van der Waals surface area contributed by atoms with Gasteiger partial charge in [-0.25, -0.2) is 4.98 Å². The molecule has 0 saturated carbocycles. The van der Waals surface area contributed by atoms with Gasteiger partial charge in [-0.1, -0.05) is 43.3 Å². The van der Waals surface area contributed by atoms with E-state index in [1.807, 2.05) is 32.2 Å². The van der Waals surface area contributed by atoms with Crippen LogP contribution in [0.4, 0.5) is 5.69 Å². The lowest BCUT2D eigenvalue weighted by atomic mass is 9.99. The molecule has 0 fully saturated rings. The Morgan fingerprint density at radius 3 is 2.61 bits per heavy atom. The minimum atomic E-state index is -4.03. The summed E-state index contributed by atoms with van der Waals surface area (Å²) in [6.45, 7) is 5.21. The third-order valence-electron chi connectivity index (χ3n) is 6.68. The lowest BCUT2D eigenvalue weighted by Crippen LogP contribution is -2.49. The van der Waals surface area contributed by atoms with Crippen molar-refractivity contribution in [2.75, 3.05) is 31.5 Å². The number of likely N-dealkylation sites (N-methyl/N-ethyl adjacent to an activating group) is 1. The number of anilines is 1. The van der Waals surface area contributed by atoms with Crippen molar-refractivity contribution in [3.63, 3.8) is 0 Å². The molecule has 2 heterocycles. The molecular weight excluding hydrogens is 506 g/mol. The second-order valence-electron chi connectivity index (χ2n) is 9.97. The Bertz CT molecular complexity index is 1360. The van der Waals surface area contributed by atoms with Crippen LogP contribution in [0.2, 0.25) is 0 Å². The second-order valence-corrected chi connectivity index (χ2v) is 11.6. The van der Waals surface area contributed by atoms with Gasteiger partial charge in [0.1, 0.15) is 6.10 Å². The fraction of sp³-hybridized carbons (Fsp3) is 0.407. The molecule has 10 nitrogen and oxygen atoms in total. The summed E-state index contributed by atoms with van der Waals surface area (Å²) < 4.78 is 36.8. The van der Waals surface area contributed by atoms with Crippen molar-refractivity contribution in [2.24, 2.45) is 13.0 Å². The van der Waals surface area contributed by atoms with Crippen LogP contribution in [-0.2, 0) is 23.6 Å². The standard InChI is InChI=1S/C27H35N5O5S/c1-19-13-32(20(2)17-33)27(34)22-11-8-12-23(29-38(35,36)25-16-31(4)18-28-25)26(22)37-24(19)15-30(3)14-21-9-6-5-7-10-21/h5-12,16,18-20,24,29,33H,13-15,17H2,1-4H3/t19-,20+,24-/m1/s1. The minimum absolute atomic E-state index is 0.111. The van der Waals surface area contributed by atoms with Gasteiger partial charge < -0.3 is 19.3 Å². The highest BCUT2D eigenvalue weighted by atomic mass is 32.2. The van der Waals surface area contributed by atoms with Crippen LogP contribution in [0, 0.1) is 5.92 Å². The van der Waals surface area contributed by atoms with Gasteiger partial charge in [0.25, 0.3) is 15.9 Å². The first-order valence-corrected chi connectivity index (χ1v) is 14.0. The first kappa shape index (κ1) is 27.6. The normalized spacial score (nSPS) is 18.9. The number of nitrogens with zero attached hydrogens (tertiary/aromatic N) is 4. The molecule has 3 atom stereocenters. The van der Waals surface area contributed by atoms with Crippen LogP contribution in [0.15, 0.2) is 66.1 Å². The summed E-state index contributed by atoms with van der Waals surface area (Å²) in [7, 11) is -0.352. The Balaban J connectivity index is 1.71. The van der Waals surface area contributed by atoms with Gasteiger partial charge >= 0.3 is 0 Å². The number of fused-ring (bicyclic) bond motifs is 1. The first-order chi connectivity index (χ1) is 18.1. The van der Waals surface area contributed by atoms with Gasteiger partial charge in [0.2, 0.25) is 0 Å². The zero-order valence-electron chi connectivity index (χ0n) is 22.1. The maximum atomic E-state index is 13.6. The average Bonchev–Trinajstić information content (AvgIpc) is 3.34. The van der Waals surface area contributed by atoms with Gasteiger partial charge in [0.15, 0.2) is 10.8 Å². The van der Waals surface area contributed by atoms with Crippen molar-refractivity contribution in [3.05, 3.63) is 72.2 Å². The number of aliphatic hydroxyl groups excluding tert-OH is 1. The van der Waals surface area contributed by atoms with Crippen molar-refractivity contribution in [3.8, 4) is 5.75 Å². The molecule has 1 amide bonds. The molecule has 3 aromatic rings. The number of para-hydroxylation sites is 1. The van der Waals surface area contributed by atoms with Crippen LogP contribution in [0.3, 0.4) is 0 Å².